The predicted octanol–water partition coefficient (Wildman–Crippen LogP) is 2.07. The van der Waals surface area contributed by atoms with Crippen molar-refractivity contribution >= 4 is 17.6 Å². The van der Waals surface area contributed by atoms with E-state index in [9.17, 15) is 9.59 Å². The lowest BCUT2D eigenvalue weighted by atomic mass is 9.94. The number of nitrogens with two attached hydrogens (primary N) is 1. The highest BCUT2D eigenvalue weighted by Gasteiger charge is 2.56. The molecule has 1 atom stereocenters. The fourth-order valence-electron chi connectivity index (χ4n) is 5.39. The highest BCUT2D eigenvalue weighted by Crippen LogP contribution is 2.49. The molecule has 0 bridgehead atoms. The summed E-state index contributed by atoms with van der Waals surface area (Å²) in [6.07, 6.45) is 6.67. The Bertz CT molecular complexity index is 767. The van der Waals surface area contributed by atoms with Crippen LogP contribution in [0.4, 0.5) is 10.5 Å². The third-order valence-corrected chi connectivity index (χ3v) is 7.20. The van der Waals surface area contributed by atoms with Crippen LogP contribution in [0, 0.1) is 0 Å². The Hall–Kier alpha value is -2.08. The molecule has 0 unspecified atom stereocenters. The summed E-state index contributed by atoms with van der Waals surface area (Å²) in [5.41, 5.74) is 7.43. The number of hydrogen-bond donors (Lipinski definition) is 1. The van der Waals surface area contributed by atoms with Gasteiger partial charge >= 0.3 is 6.03 Å². The lowest BCUT2D eigenvalue weighted by Crippen LogP contribution is -2.52. The van der Waals surface area contributed by atoms with Crippen LogP contribution in [-0.4, -0.2) is 60.0 Å². The van der Waals surface area contributed by atoms with Crippen LogP contribution in [0.5, 0.6) is 0 Å². The molecule has 0 aromatic heterocycles. The minimum absolute atomic E-state index is 0.0859. The summed E-state index contributed by atoms with van der Waals surface area (Å²) < 4.78 is 0. The van der Waals surface area contributed by atoms with Gasteiger partial charge in [0.2, 0.25) is 5.91 Å². The number of primary amides is 1. The van der Waals surface area contributed by atoms with Gasteiger partial charge in [-0.1, -0.05) is 12.1 Å². The van der Waals surface area contributed by atoms with E-state index in [1.54, 1.807) is 9.80 Å². The summed E-state index contributed by atoms with van der Waals surface area (Å²) in [5, 5.41) is 0. The molecular weight excluding hydrogens is 340 g/mol. The zero-order valence-corrected chi connectivity index (χ0v) is 15.8. The topological polar surface area (TPSA) is 69.9 Å². The number of carbonyl (C=O) groups is 2. The molecule has 1 aromatic carbocycles. The van der Waals surface area contributed by atoms with Crippen molar-refractivity contribution in [1.82, 2.24) is 9.80 Å². The fraction of sp³-hybridized carbons (Fsp3) is 0.619. The molecule has 1 aliphatic carbocycles. The number of rotatable bonds is 5. The van der Waals surface area contributed by atoms with Crippen molar-refractivity contribution in [3.8, 4) is 0 Å². The summed E-state index contributed by atoms with van der Waals surface area (Å²) in [5.74, 6) is -0.380. The van der Waals surface area contributed by atoms with Crippen LogP contribution in [0.2, 0.25) is 0 Å². The SMILES string of the molecule is NC(=O)[C@]12CCCN1C(=O)N(c1ccc(C3(CN4CCCC4)CC3)cc1)C2. The molecule has 1 saturated carbocycles. The Kier molecular flexibility index (Phi) is 3.76. The first-order chi connectivity index (χ1) is 13.0. The summed E-state index contributed by atoms with van der Waals surface area (Å²) in [4.78, 5) is 30.9. The van der Waals surface area contributed by atoms with E-state index < -0.39 is 5.54 Å². The zero-order valence-electron chi connectivity index (χ0n) is 15.8. The van der Waals surface area contributed by atoms with Crippen molar-refractivity contribution < 1.29 is 9.59 Å². The molecule has 1 aromatic rings. The molecule has 5 rings (SSSR count). The van der Waals surface area contributed by atoms with Gasteiger partial charge in [-0.3, -0.25) is 9.69 Å². The van der Waals surface area contributed by atoms with E-state index in [4.69, 9.17) is 5.73 Å². The molecule has 0 spiro atoms. The average molecular weight is 368 g/mol. The highest BCUT2D eigenvalue weighted by molar-refractivity contribution is 6.02. The van der Waals surface area contributed by atoms with Crippen LogP contribution in [0.25, 0.3) is 0 Å². The Balaban J connectivity index is 1.35. The molecule has 6 nitrogen and oxygen atoms in total. The molecule has 0 radical (unpaired) electrons. The van der Waals surface area contributed by atoms with Crippen LogP contribution < -0.4 is 10.6 Å². The van der Waals surface area contributed by atoms with Gasteiger partial charge in [0.15, 0.2) is 0 Å². The third kappa shape index (κ3) is 2.57. The number of carbonyl (C=O) groups excluding carboxylic acids is 2. The second kappa shape index (κ2) is 5.96. The van der Waals surface area contributed by atoms with Crippen LogP contribution in [0.3, 0.4) is 0 Å². The summed E-state index contributed by atoms with van der Waals surface area (Å²) in [7, 11) is 0. The van der Waals surface area contributed by atoms with Crippen LogP contribution in [0.1, 0.15) is 44.1 Å². The van der Waals surface area contributed by atoms with Gasteiger partial charge in [0.05, 0.1) is 6.54 Å². The van der Waals surface area contributed by atoms with Gasteiger partial charge < -0.3 is 15.5 Å². The monoisotopic (exact) mass is 368 g/mol. The number of anilines is 1. The van der Waals surface area contributed by atoms with Gasteiger partial charge in [0.1, 0.15) is 5.54 Å². The number of hydrogen-bond acceptors (Lipinski definition) is 3. The number of fused-ring (bicyclic) bond motifs is 1. The minimum atomic E-state index is -0.816. The highest BCUT2D eigenvalue weighted by atomic mass is 16.2. The Morgan fingerprint density at radius 3 is 2.30 bits per heavy atom. The van der Waals surface area contributed by atoms with Crippen molar-refractivity contribution in [3.05, 3.63) is 29.8 Å². The Morgan fingerprint density at radius 1 is 1.00 bits per heavy atom. The van der Waals surface area contributed by atoms with Crippen molar-refractivity contribution in [2.45, 2.75) is 49.5 Å². The van der Waals surface area contributed by atoms with Gasteiger partial charge in [-0.2, -0.15) is 0 Å². The Morgan fingerprint density at radius 2 is 1.70 bits per heavy atom. The molecule has 6 heteroatoms. The third-order valence-electron chi connectivity index (χ3n) is 7.20. The van der Waals surface area contributed by atoms with E-state index in [0.717, 1.165) is 18.7 Å². The lowest BCUT2D eigenvalue weighted by molar-refractivity contribution is -0.125. The second-order valence-corrected chi connectivity index (χ2v) is 8.83. The molecule has 3 amide bonds. The molecule has 3 saturated heterocycles. The van der Waals surface area contributed by atoms with E-state index in [1.165, 1.54) is 44.3 Å². The summed E-state index contributed by atoms with van der Waals surface area (Å²) in [6, 6.07) is 8.39. The fourth-order valence-corrected chi connectivity index (χ4v) is 5.39. The number of urea groups is 1. The van der Waals surface area contributed by atoms with E-state index in [2.05, 4.69) is 17.0 Å². The standard InChI is InChI=1S/C21H28N4O2/c22-18(26)21-8-3-13-25(21)19(27)24(15-21)17-6-4-16(5-7-17)20(9-10-20)14-23-11-1-2-12-23/h4-7H,1-3,8-15H2,(H2,22,26)/t21-/m1/s1. The molecule has 4 fully saturated rings. The smallest absolute Gasteiger partial charge is 0.325 e. The maximum atomic E-state index is 12.9. The molecule has 27 heavy (non-hydrogen) atoms. The van der Waals surface area contributed by atoms with Gasteiger partial charge in [-0.25, -0.2) is 4.79 Å². The van der Waals surface area contributed by atoms with Crippen molar-refractivity contribution in [2.75, 3.05) is 37.6 Å². The number of likely N-dealkylation sites (tertiary alicyclic amines) is 1. The first kappa shape index (κ1) is 17.0. The molecular formula is C21H28N4O2. The average Bonchev–Trinajstić information content (AvgIpc) is 3.01. The predicted molar refractivity (Wildman–Crippen MR) is 104 cm³/mol. The van der Waals surface area contributed by atoms with E-state index in [-0.39, 0.29) is 11.9 Å². The van der Waals surface area contributed by atoms with Crippen molar-refractivity contribution in [2.24, 2.45) is 5.73 Å². The Labute approximate surface area is 160 Å². The van der Waals surface area contributed by atoms with Gasteiger partial charge in [-0.15, -0.1) is 0 Å². The number of benzene rings is 1. The van der Waals surface area contributed by atoms with Crippen LogP contribution >= 0.6 is 0 Å². The normalized spacial score (nSPS) is 29.4. The van der Waals surface area contributed by atoms with Crippen LogP contribution in [0.15, 0.2) is 24.3 Å². The molecule has 4 aliphatic rings. The van der Waals surface area contributed by atoms with Gasteiger partial charge in [0, 0.05) is 24.2 Å². The van der Waals surface area contributed by atoms with E-state index in [1.807, 2.05) is 12.1 Å². The second-order valence-electron chi connectivity index (χ2n) is 8.83. The van der Waals surface area contributed by atoms with E-state index in [0.29, 0.717) is 24.9 Å². The molecule has 3 aliphatic heterocycles. The van der Waals surface area contributed by atoms with Crippen molar-refractivity contribution in [3.63, 3.8) is 0 Å². The number of amides is 3. The molecule has 2 N–H and O–H groups in total. The zero-order chi connectivity index (χ0) is 18.6. The van der Waals surface area contributed by atoms with E-state index >= 15 is 0 Å². The minimum Gasteiger partial charge on any atom is -0.368 e. The molecule has 3 heterocycles. The first-order valence-corrected chi connectivity index (χ1v) is 10.3. The lowest BCUT2D eigenvalue weighted by Gasteiger charge is -2.25. The first-order valence-electron chi connectivity index (χ1n) is 10.3. The quantitative estimate of drug-likeness (QED) is 0.865. The van der Waals surface area contributed by atoms with Gasteiger partial charge in [0.25, 0.3) is 0 Å². The maximum Gasteiger partial charge on any atom is 0.325 e. The summed E-state index contributed by atoms with van der Waals surface area (Å²) in [6.45, 7) is 4.61. The van der Waals surface area contributed by atoms with Crippen LogP contribution in [-0.2, 0) is 10.2 Å². The summed E-state index contributed by atoms with van der Waals surface area (Å²) >= 11 is 0. The molecule has 144 valence electrons. The maximum absolute atomic E-state index is 12.9. The van der Waals surface area contributed by atoms with Gasteiger partial charge in [-0.05, 0) is 69.3 Å². The number of nitrogens with zero attached hydrogens (tertiary/aromatic N) is 3. The van der Waals surface area contributed by atoms with Crippen molar-refractivity contribution in [1.29, 1.82) is 0 Å². The largest absolute Gasteiger partial charge is 0.368 e.